The number of nitrogens with zero attached hydrogens (tertiary/aromatic N) is 3. The summed E-state index contributed by atoms with van der Waals surface area (Å²) in [5.41, 5.74) is 1.06. The van der Waals surface area contributed by atoms with Crippen LogP contribution in [0.1, 0.15) is 44.3 Å². The first kappa shape index (κ1) is 13.6. The van der Waals surface area contributed by atoms with E-state index < -0.39 is 5.97 Å². The van der Waals surface area contributed by atoms with E-state index in [1.807, 2.05) is 6.92 Å². The first-order valence-electron chi connectivity index (χ1n) is 7.62. The van der Waals surface area contributed by atoms with Crippen LogP contribution in [0.15, 0.2) is 12.3 Å². The molecule has 1 saturated carbocycles. The van der Waals surface area contributed by atoms with E-state index in [1.165, 1.54) is 25.7 Å². The van der Waals surface area contributed by atoms with Crippen molar-refractivity contribution in [3.8, 4) is 0 Å². The van der Waals surface area contributed by atoms with Gasteiger partial charge in [-0.25, -0.2) is 0 Å². The molecular formula is C15H23N3O2. The van der Waals surface area contributed by atoms with Gasteiger partial charge in [0.1, 0.15) is 0 Å². The summed E-state index contributed by atoms with van der Waals surface area (Å²) in [6.45, 7) is 4.30. The predicted molar refractivity (Wildman–Crippen MR) is 75.3 cm³/mol. The lowest BCUT2D eigenvalue weighted by molar-refractivity contribution is -0.142. The second kappa shape index (κ2) is 5.56. The molecule has 1 aromatic heterocycles. The summed E-state index contributed by atoms with van der Waals surface area (Å²) in [4.78, 5) is 13.4. The van der Waals surface area contributed by atoms with Crippen molar-refractivity contribution in [1.29, 1.82) is 0 Å². The van der Waals surface area contributed by atoms with Crippen molar-refractivity contribution in [2.45, 2.75) is 45.2 Å². The second-order valence-corrected chi connectivity index (χ2v) is 6.34. The fraction of sp³-hybridized carbons (Fsp3) is 0.733. The van der Waals surface area contributed by atoms with Gasteiger partial charge in [0.2, 0.25) is 0 Å². The van der Waals surface area contributed by atoms with Crippen LogP contribution in [0, 0.1) is 11.8 Å². The van der Waals surface area contributed by atoms with E-state index >= 15 is 0 Å². The molecule has 5 heteroatoms. The Morgan fingerprint density at radius 1 is 1.40 bits per heavy atom. The number of aromatic nitrogens is 2. The Labute approximate surface area is 119 Å². The van der Waals surface area contributed by atoms with Crippen LogP contribution in [0.2, 0.25) is 0 Å². The highest BCUT2D eigenvalue weighted by Crippen LogP contribution is 2.29. The van der Waals surface area contributed by atoms with Crippen LogP contribution in [0.5, 0.6) is 0 Å². The summed E-state index contributed by atoms with van der Waals surface area (Å²) in [5.74, 6) is -0.673. The molecule has 0 unspecified atom stereocenters. The average Bonchev–Trinajstić information content (AvgIpc) is 3.09. The predicted octanol–water partition coefficient (Wildman–Crippen LogP) is 2.15. The molecule has 3 rings (SSSR count). The van der Waals surface area contributed by atoms with Crippen LogP contribution < -0.4 is 0 Å². The molecule has 1 aliphatic carbocycles. The fourth-order valence-electron chi connectivity index (χ4n) is 3.58. The van der Waals surface area contributed by atoms with E-state index in [1.54, 1.807) is 0 Å². The lowest BCUT2D eigenvalue weighted by Gasteiger charge is -2.13. The first-order chi connectivity index (χ1) is 9.63. The number of hydrogen-bond acceptors (Lipinski definition) is 3. The topological polar surface area (TPSA) is 58.4 Å². The van der Waals surface area contributed by atoms with Gasteiger partial charge in [0.05, 0.1) is 17.7 Å². The van der Waals surface area contributed by atoms with Crippen molar-refractivity contribution >= 4 is 5.97 Å². The summed E-state index contributed by atoms with van der Waals surface area (Å²) in [7, 11) is 0. The molecule has 1 aromatic rings. The molecule has 0 bridgehead atoms. The minimum absolute atomic E-state index is 0.226. The smallest absolute Gasteiger partial charge is 0.308 e. The van der Waals surface area contributed by atoms with Crippen LogP contribution in [0.4, 0.5) is 0 Å². The summed E-state index contributed by atoms with van der Waals surface area (Å²) >= 11 is 0. The summed E-state index contributed by atoms with van der Waals surface area (Å²) < 4.78 is 2.11. The summed E-state index contributed by atoms with van der Waals surface area (Å²) in [6, 6.07) is 2.66. The number of carboxylic acid groups (broad SMARTS) is 1. The molecule has 0 amide bonds. The van der Waals surface area contributed by atoms with Gasteiger partial charge < -0.3 is 5.11 Å². The van der Waals surface area contributed by atoms with Crippen LogP contribution in [-0.4, -0.2) is 38.8 Å². The molecule has 2 atom stereocenters. The fourth-order valence-corrected chi connectivity index (χ4v) is 3.58. The molecule has 0 radical (unpaired) electrons. The Hall–Kier alpha value is -1.36. The van der Waals surface area contributed by atoms with Crippen LogP contribution >= 0.6 is 0 Å². The van der Waals surface area contributed by atoms with Gasteiger partial charge in [0.15, 0.2) is 0 Å². The van der Waals surface area contributed by atoms with E-state index in [2.05, 4.69) is 26.9 Å². The maximum absolute atomic E-state index is 11.1. The van der Waals surface area contributed by atoms with Gasteiger partial charge in [-0.2, -0.15) is 5.10 Å². The molecular weight excluding hydrogens is 254 g/mol. The Bertz CT molecular complexity index is 479. The normalized spacial score (nSPS) is 28.2. The van der Waals surface area contributed by atoms with Gasteiger partial charge >= 0.3 is 5.97 Å². The van der Waals surface area contributed by atoms with Crippen LogP contribution in [-0.2, 0) is 11.3 Å². The third-order valence-electron chi connectivity index (χ3n) is 4.75. The highest BCUT2D eigenvalue weighted by atomic mass is 16.4. The Kier molecular flexibility index (Phi) is 3.78. The van der Waals surface area contributed by atoms with Crippen molar-refractivity contribution in [3.05, 3.63) is 18.0 Å². The van der Waals surface area contributed by atoms with Gasteiger partial charge in [0, 0.05) is 25.8 Å². The lowest BCUT2D eigenvalue weighted by atomic mass is 9.99. The van der Waals surface area contributed by atoms with Crippen LogP contribution in [0.25, 0.3) is 0 Å². The molecule has 2 aliphatic rings. The van der Waals surface area contributed by atoms with Gasteiger partial charge in [-0.3, -0.25) is 14.4 Å². The Morgan fingerprint density at radius 3 is 2.80 bits per heavy atom. The maximum Gasteiger partial charge on any atom is 0.308 e. The van der Waals surface area contributed by atoms with Gasteiger partial charge in [-0.05, 0) is 24.8 Å². The average molecular weight is 277 g/mol. The summed E-state index contributed by atoms with van der Waals surface area (Å²) in [5, 5.41) is 13.8. The largest absolute Gasteiger partial charge is 0.481 e. The Morgan fingerprint density at radius 2 is 2.15 bits per heavy atom. The van der Waals surface area contributed by atoms with Crippen molar-refractivity contribution in [2.24, 2.45) is 11.8 Å². The quantitative estimate of drug-likeness (QED) is 0.916. The van der Waals surface area contributed by atoms with E-state index in [-0.39, 0.29) is 11.8 Å². The third-order valence-corrected chi connectivity index (χ3v) is 4.75. The van der Waals surface area contributed by atoms with E-state index in [0.29, 0.717) is 12.6 Å². The number of carboxylic acids is 1. The zero-order chi connectivity index (χ0) is 14.1. The number of rotatable bonds is 4. The SMILES string of the molecule is C[C@@H]1CN(Cc2ccn(C3CCCC3)n2)C[C@H]1C(=O)O. The minimum Gasteiger partial charge on any atom is -0.481 e. The Balaban J connectivity index is 1.60. The monoisotopic (exact) mass is 277 g/mol. The maximum atomic E-state index is 11.1. The molecule has 20 heavy (non-hydrogen) atoms. The van der Waals surface area contributed by atoms with Crippen molar-refractivity contribution < 1.29 is 9.90 Å². The van der Waals surface area contributed by atoms with Crippen molar-refractivity contribution in [2.75, 3.05) is 13.1 Å². The molecule has 2 heterocycles. The standard InChI is InChI=1S/C15H23N3O2/c1-11-8-17(10-14(11)15(19)20)9-12-6-7-18(16-12)13-4-2-3-5-13/h6-7,11,13-14H,2-5,8-10H2,1H3,(H,19,20)/t11-,14-/m1/s1. The molecule has 1 N–H and O–H groups in total. The minimum atomic E-state index is -0.670. The van der Waals surface area contributed by atoms with E-state index in [4.69, 9.17) is 5.11 Å². The zero-order valence-electron chi connectivity index (χ0n) is 12.0. The first-order valence-corrected chi connectivity index (χ1v) is 7.62. The zero-order valence-corrected chi connectivity index (χ0v) is 12.0. The molecule has 0 spiro atoms. The molecule has 5 nitrogen and oxygen atoms in total. The van der Waals surface area contributed by atoms with Crippen molar-refractivity contribution in [1.82, 2.24) is 14.7 Å². The van der Waals surface area contributed by atoms with Gasteiger partial charge in [-0.1, -0.05) is 19.8 Å². The van der Waals surface area contributed by atoms with Gasteiger partial charge in [-0.15, -0.1) is 0 Å². The highest BCUT2D eigenvalue weighted by molar-refractivity contribution is 5.71. The number of aliphatic carboxylic acids is 1. The van der Waals surface area contributed by atoms with E-state index in [0.717, 1.165) is 18.8 Å². The second-order valence-electron chi connectivity index (χ2n) is 6.34. The molecule has 0 aromatic carbocycles. The molecule has 110 valence electrons. The number of carbonyl (C=O) groups is 1. The highest BCUT2D eigenvalue weighted by Gasteiger charge is 2.34. The van der Waals surface area contributed by atoms with E-state index in [9.17, 15) is 4.79 Å². The third kappa shape index (κ3) is 2.73. The lowest BCUT2D eigenvalue weighted by Crippen LogP contribution is -2.23. The summed E-state index contributed by atoms with van der Waals surface area (Å²) in [6.07, 6.45) is 7.18. The molecule has 1 saturated heterocycles. The molecule has 1 aliphatic heterocycles. The number of likely N-dealkylation sites (tertiary alicyclic amines) is 1. The van der Waals surface area contributed by atoms with Gasteiger partial charge in [0.25, 0.3) is 0 Å². The number of hydrogen-bond donors (Lipinski definition) is 1. The van der Waals surface area contributed by atoms with Crippen molar-refractivity contribution in [3.63, 3.8) is 0 Å². The molecule has 2 fully saturated rings. The van der Waals surface area contributed by atoms with Crippen LogP contribution in [0.3, 0.4) is 0 Å².